The molecule has 0 amide bonds. The van der Waals surface area contributed by atoms with Crippen LogP contribution in [-0.4, -0.2) is 50.9 Å². The quantitative estimate of drug-likeness (QED) is 0.663. The first-order chi connectivity index (χ1) is 12.9. The van der Waals surface area contributed by atoms with Crippen LogP contribution in [0, 0.1) is 22.7 Å². The normalized spacial score (nSPS) is 50.2. The van der Waals surface area contributed by atoms with Crippen LogP contribution < -0.4 is 0 Å². The highest BCUT2D eigenvalue weighted by molar-refractivity contribution is 5.96. The summed E-state index contributed by atoms with van der Waals surface area (Å²) in [4.78, 5) is 24.2. The summed E-state index contributed by atoms with van der Waals surface area (Å²) in [6.07, 6.45) is 1.22. The molecule has 2 fully saturated rings. The van der Waals surface area contributed by atoms with Gasteiger partial charge in [-0.05, 0) is 50.2 Å². The third-order valence-corrected chi connectivity index (χ3v) is 8.47. The monoisotopic (exact) mass is 396 g/mol. The summed E-state index contributed by atoms with van der Waals surface area (Å²) in [6, 6.07) is 0. The van der Waals surface area contributed by atoms with Gasteiger partial charge in [0.1, 0.15) is 29.8 Å². The summed E-state index contributed by atoms with van der Waals surface area (Å²) in [5.74, 6) is -3.37. The lowest BCUT2D eigenvalue weighted by Crippen LogP contribution is -2.64. The lowest BCUT2D eigenvalue weighted by atomic mass is 9.46. The summed E-state index contributed by atoms with van der Waals surface area (Å²) >= 11 is 0. The van der Waals surface area contributed by atoms with Gasteiger partial charge in [0.05, 0.1) is 0 Å². The van der Waals surface area contributed by atoms with Crippen LogP contribution in [0.5, 0.6) is 0 Å². The molecule has 4 aliphatic carbocycles. The molecule has 0 spiro atoms. The van der Waals surface area contributed by atoms with E-state index in [1.165, 1.54) is 6.08 Å². The van der Waals surface area contributed by atoms with Gasteiger partial charge in [-0.25, -0.2) is 8.78 Å². The molecule has 0 aromatic carbocycles. The van der Waals surface area contributed by atoms with Crippen molar-refractivity contribution in [3.8, 4) is 0 Å². The molecule has 7 heteroatoms. The Balaban J connectivity index is 1.84. The van der Waals surface area contributed by atoms with E-state index in [4.69, 9.17) is 0 Å². The third-order valence-electron chi connectivity index (χ3n) is 8.47. The first-order valence-corrected chi connectivity index (χ1v) is 9.82. The standard InChI is InChI=1S/C21H26F2O5/c1-18-5-6-20(23)12(11(18)3-4-21(18,28)17(27)10-24)7-14(22)13-8-15(25)16(26)9-19(13,20)2/h7-8,11-12,16,24,26,28H,3-6,9-10H2,1-2H3/t11-,12-,16?,18-,19-,20+,21-/m0/s1. The Hall–Kier alpha value is -1.44. The van der Waals surface area contributed by atoms with Crippen LogP contribution in [0.2, 0.25) is 0 Å². The van der Waals surface area contributed by atoms with E-state index in [0.29, 0.717) is 6.42 Å². The molecule has 0 aliphatic heterocycles. The second-order valence-corrected chi connectivity index (χ2v) is 9.42. The number of Topliss-reactive ketones (excluding diaryl/α,β-unsaturated/α-hetero) is 1. The van der Waals surface area contributed by atoms with Gasteiger partial charge in [0.25, 0.3) is 0 Å². The number of carbonyl (C=O) groups excluding carboxylic acids is 2. The van der Waals surface area contributed by atoms with E-state index in [2.05, 4.69) is 0 Å². The molecule has 4 aliphatic rings. The van der Waals surface area contributed by atoms with E-state index in [0.717, 1.165) is 6.08 Å². The lowest BCUT2D eigenvalue weighted by molar-refractivity contribution is -0.176. The van der Waals surface area contributed by atoms with Gasteiger partial charge in [0.2, 0.25) is 0 Å². The van der Waals surface area contributed by atoms with Crippen LogP contribution >= 0.6 is 0 Å². The second kappa shape index (κ2) is 5.80. The third kappa shape index (κ3) is 2.10. The van der Waals surface area contributed by atoms with Crippen LogP contribution in [0.3, 0.4) is 0 Å². The SMILES string of the molecule is C[C@]12CC(O)C(=O)C=C1C(F)=C[C@H]1[C@@H]3CC[C@](O)(C(=O)CO)[C@@]3(C)CC[C@@]12F. The van der Waals surface area contributed by atoms with Crippen molar-refractivity contribution in [3.63, 3.8) is 0 Å². The number of carbonyl (C=O) groups is 2. The lowest BCUT2D eigenvalue weighted by Gasteiger charge is -2.60. The molecule has 2 saturated carbocycles. The summed E-state index contributed by atoms with van der Waals surface area (Å²) < 4.78 is 31.7. The molecule has 0 radical (unpaired) electrons. The van der Waals surface area contributed by atoms with E-state index >= 15 is 8.78 Å². The molecule has 1 unspecified atom stereocenters. The Kier molecular flexibility index (Phi) is 4.11. The zero-order valence-corrected chi connectivity index (χ0v) is 16.0. The van der Waals surface area contributed by atoms with Gasteiger partial charge in [-0.1, -0.05) is 13.8 Å². The fraction of sp³-hybridized carbons (Fsp3) is 0.714. The second-order valence-electron chi connectivity index (χ2n) is 9.42. The Morgan fingerprint density at radius 2 is 1.96 bits per heavy atom. The minimum atomic E-state index is -1.91. The molecule has 0 aromatic heterocycles. The Bertz CT molecular complexity index is 822. The van der Waals surface area contributed by atoms with Gasteiger partial charge in [-0.2, -0.15) is 0 Å². The predicted molar refractivity (Wildman–Crippen MR) is 95.4 cm³/mol. The first kappa shape index (κ1) is 19.9. The molecule has 3 N–H and O–H groups in total. The van der Waals surface area contributed by atoms with E-state index < -0.39 is 64.0 Å². The average Bonchev–Trinajstić information content (AvgIpc) is 2.92. The molecular weight excluding hydrogens is 370 g/mol. The van der Waals surface area contributed by atoms with Gasteiger partial charge in [-0.3, -0.25) is 9.59 Å². The molecule has 0 heterocycles. The van der Waals surface area contributed by atoms with E-state index in [-0.39, 0.29) is 31.3 Å². The number of halogens is 2. The molecule has 4 rings (SSSR count). The molecule has 0 aromatic rings. The average molecular weight is 396 g/mol. The van der Waals surface area contributed by atoms with E-state index in [1.807, 2.05) is 0 Å². The summed E-state index contributed by atoms with van der Waals surface area (Å²) in [5, 5.41) is 30.5. The van der Waals surface area contributed by atoms with Crippen molar-refractivity contribution in [3.05, 3.63) is 23.6 Å². The maximum atomic E-state index is 16.7. The van der Waals surface area contributed by atoms with Gasteiger partial charge >= 0.3 is 0 Å². The number of allylic oxidation sites excluding steroid dienone is 3. The van der Waals surface area contributed by atoms with E-state index in [9.17, 15) is 24.9 Å². The van der Waals surface area contributed by atoms with Crippen LogP contribution in [0.4, 0.5) is 8.78 Å². The van der Waals surface area contributed by atoms with Crippen molar-refractivity contribution >= 4 is 11.6 Å². The highest BCUT2D eigenvalue weighted by atomic mass is 19.1. The number of ketones is 2. The molecular formula is C21H26F2O5. The van der Waals surface area contributed by atoms with Crippen molar-refractivity contribution in [2.45, 2.75) is 63.3 Å². The number of rotatable bonds is 2. The number of hydrogen-bond acceptors (Lipinski definition) is 5. The van der Waals surface area contributed by atoms with E-state index in [1.54, 1.807) is 13.8 Å². The van der Waals surface area contributed by atoms with Crippen molar-refractivity contribution in [1.82, 2.24) is 0 Å². The number of aliphatic hydroxyl groups excluding tert-OH is 2. The topological polar surface area (TPSA) is 94.8 Å². The Morgan fingerprint density at radius 3 is 2.61 bits per heavy atom. The van der Waals surface area contributed by atoms with Crippen LogP contribution in [-0.2, 0) is 9.59 Å². The van der Waals surface area contributed by atoms with Gasteiger partial charge < -0.3 is 15.3 Å². The minimum absolute atomic E-state index is 0.00940. The Labute approximate surface area is 162 Å². The van der Waals surface area contributed by atoms with Crippen LogP contribution in [0.25, 0.3) is 0 Å². The number of aliphatic hydroxyl groups is 3. The summed E-state index contributed by atoms with van der Waals surface area (Å²) in [5.41, 5.74) is -6.03. The maximum Gasteiger partial charge on any atom is 0.190 e. The van der Waals surface area contributed by atoms with Crippen LogP contribution in [0.1, 0.15) is 46.0 Å². The van der Waals surface area contributed by atoms with Crippen molar-refractivity contribution in [1.29, 1.82) is 0 Å². The fourth-order valence-electron chi connectivity index (χ4n) is 6.62. The molecule has 5 nitrogen and oxygen atoms in total. The highest BCUT2D eigenvalue weighted by Crippen LogP contribution is 2.69. The van der Waals surface area contributed by atoms with Crippen molar-refractivity contribution < 1.29 is 33.7 Å². The zero-order valence-electron chi connectivity index (χ0n) is 16.0. The maximum absolute atomic E-state index is 16.7. The van der Waals surface area contributed by atoms with Crippen molar-refractivity contribution in [2.24, 2.45) is 22.7 Å². The molecule has 28 heavy (non-hydrogen) atoms. The fourth-order valence-corrected chi connectivity index (χ4v) is 6.62. The van der Waals surface area contributed by atoms with Crippen molar-refractivity contribution in [2.75, 3.05) is 6.61 Å². The molecule has 0 bridgehead atoms. The van der Waals surface area contributed by atoms with Gasteiger partial charge in [0.15, 0.2) is 11.6 Å². The van der Waals surface area contributed by atoms with Crippen LogP contribution in [0.15, 0.2) is 23.6 Å². The largest absolute Gasteiger partial charge is 0.388 e. The van der Waals surface area contributed by atoms with Gasteiger partial charge in [0, 0.05) is 22.3 Å². The summed E-state index contributed by atoms with van der Waals surface area (Å²) in [6.45, 7) is 2.47. The zero-order chi connectivity index (χ0) is 20.7. The highest BCUT2D eigenvalue weighted by Gasteiger charge is 2.71. The predicted octanol–water partition coefficient (Wildman–Crippen LogP) is 1.95. The molecule has 7 atom stereocenters. The smallest absolute Gasteiger partial charge is 0.190 e. The Morgan fingerprint density at radius 1 is 1.29 bits per heavy atom. The number of fused-ring (bicyclic) bond motifs is 5. The minimum Gasteiger partial charge on any atom is -0.388 e. The molecule has 154 valence electrons. The number of alkyl halides is 1. The van der Waals surface area contributed by atoms with Gasteiger partial charge in [-0.15, -0.1) is 0 Å². The molecule has 0 saturated heterocycles. The first-order valence-electron chi connectivity index (χ1n) is 9.82. The number of hydrogen-bond donors (Lipinski definition) is 3. The summed E-state index contributed by atoms with van der Waals surface area (Å²) in [7, 11) is 0.